The summed E-state index contributed by atoms with van der Waals surface area (Å²) in [5.74, 6) is 0. The third kappa shape index (κ3) is 3.27. The maximum atomic E-state index is 5.69. The Balaban J connectivity index is 2.03. The van der Waals surface area contributed by atoms with Gasteiger partial charge in [0.05, 0.1) is 0 Å². The molecule has 1 saturated carbocycles. The largest absolute Gasteiger partial charge is 0.389 e. The van der Waals surface area contributed by atoms with Gasteiger partial charge in [0.2, 0.25) is 0 Å². The van der Waals surface area contributed by atoms with Crippen LogP contribution in [-0.2, 0) is 0 Å². The summed E-state index contributed by atoms with van der Waals surface area (Å²) in [7, 11) is 0. The molecule has 3 N–H and O–H groups in total. The van der Waals surface area contributed by atoms with Crippen LogP contribution in [0.1, 0.15) is 50.2 Å². The molecule has 1 aromatic carbocycles. The van der Waals surface area contributed by atoms with Crippen molar-refractivity contribution >= 4 is 22.9 Å². The lowest BCUT2D eigenvalue weighted by Gasteiger charge is -2.28. The molecule has 0 aliphatic heterocycles. The summed E-state index contributed by atoms with van der Waals surface area (Å²) in [5.41, 5.74) is 9.51. The second kappa shape index (κ2) is 5.91. The molecular formula is C16H24N2S. The van der Waals surface area contributed by atoms with E-state index in [1.165, 1.54) is 37.8 Å². The monoisotopic (exact) mass is 276 g/mol. The Kier molecular flexibility index (Phi) is 4.46. The van der Waals surface area contributed by atoms with Gasteiger partial charge in [-0.1, -0.05) is 32.0 Å². The number of hydrogen-bond donors (Lipinski definition) is 2. The van der Waals surface area contributed by atoms with Crippen LogP contribution >= 0.6 is 12.2 Å². The van der Waals surface area contributed by atoms with E-state index in [1.54, 1.807) is 0 Å². The van der Waals surface area contributed by atoms with Gasteiger partial charge in [0.15, 0.2) is 0 Å². The van der Waals surface area contributed by atoms with Gasteiger partial charge in [-0.15, -0.1) is 0 Å². The van der Waals surface area contributed by atoms with E-state index in [-0.39, 0.29) is 0 Å². The Labute approximate surface area is 121 Å². The fourth-order valence-corrected chi connectivity index (χ4v) is 3.35. The van der Waals surface area contributed by atoms with Gasteiger partial charge in [-0.25, -0.2) is 0 Å². The van der Waals surface area contributed by atoms with Crippen LogP contribution < -0.4 is 11.1 Å². The summed E-state index contributed by atoms with van der Waals surface area (Å²) in [6.45, 7) is 5.45. The minimum absolute atomic E-state index is 0.477. The van der Waals surface area contributed by atoms with Crippen LogP contribution in [-0.4, -0.2) is 11.5 Å². The standard InChI is InChI=1S/C16H24N2S/c1-3-16(8-4-5-9-16)11-18-13-6-7-14(15(17)19)12(2)10-13/h6-7,10,18H,3-5,8-9,11H2,1-2H3,(H2,17,19). The third-order valence-corrected chi connectivity index (χ3v) is 4.79. The van der Waals surface area contributed by atoms with Crippen molar-refractivity contribution in [1.82, 2.24) is 0 Å². The molecule has 3 heteroatoms. The van der Waals surface area contributed by atoms with Crippen molar-refractivity contribution in [3.63, 3.8) is 0 Å². The van der Waals surface area contributed by atoms with E-state index in [0.29, 0.717) is 10.4 Å². The Morgan fingerprint density at radius 3 is 2.58 bits per heavy atom. The van der Waals surface area contributed by atoms with Crippen LogP contribution in [0.2, 0.25) is 0 Å². The summed E-state index contributed by atoms with van der Waals surface area (Å²) in [5, 5.41) is 3.60. The molecule has 1 aromatic rings. The van der Waals surface area contributed by atoms with E-state index in [2.05, 4.69) is 31.3 Å². The maximum absolute atomic E-state index is 5.69. The minimum Gasteiger partial charge on any atom is -0.389 e. The topological polar surface area (TPSA) is 38.0 Å². The van der Waals surface area contributed by atoms with Crippen molar-refractivity contribution in [2.45, 2.75) is 46.0 Å². The average molecular weight is 276 g/mol. The van der Waals surface area contributed by atoms with E-state index in [1.807, 2.05) is 6.07 Å². The number of thiocarbonyl (C=S) groups is 1. The van der Waals surface area contributed by atoms with Crippen LogP contribution in [0.4, 0.5) is 5.69 Å². The lowest BCUT2D eigenvalue weighted by Crippen LogP contribution is -2.26. The molecule has 0 unspecified atom stereocenters. The summed E-state index contributed by atoms with van der Waals surface area (Å²) >= 11 is 5.04. The first-order valence-electron chi connectivity index (χ1n) is 7.21. The van der Waals surface area contributed by atoms with Crippen molar-refractivity contribution in [2.75, 3.05) is 11.9 Å². The van der Waals surface area contributed by atoms with Crippen LogP contribution in [0.25, 0.3) is 0 Å². The van der Waals surface area contributed by atoms with Crippen LogP contribution in [0.5, 0.6) is 0 Å². The number of anilines is 1. The van der Waals surface area contributed by atoms with Crippen LogP contribution in [0, 0.1) is 12.3 Å². The average Bonchev–Trinajstić information content (AvgIpc) is 2.85. The number of benzene rings is 1. The molecule has 1 aliphatic carbocycles. The summed E-state index contributed by atoms with van der Waals surface area (Å²) < 4.78 is 0. The molecule has 0 spiro atoms. The molecule has 0 aromatic heterocycles. The van der Waals surface area contributed by atoms with Crippen molar-refractivity contribution in [1.29, 1.82) is 0 Å². The fraction of sp³-hybridized carbons (Fsp3) is 0.562. The zero-order valence-corrected chi connectivity index (χ0v) is 12.8. The first-order chi connectivity index (χ1) is 9.06. The highest BCUT2D eigenvalue weighted by Crippen LogP contribution is 2.40. The number of rotatable bonds is 5. The zero-order valence-electron chi connectivity index (χ0n) is 12.0. The molecule has 0 radical (unpaired) electrons. The van der Waals surface area contributed by atoms with E-state index < -0.39 is 0 Å². The lowest BCUT2D eigenvalue weighted by atomic mass is 9.83. The summed E-state index contributed by atoms with van der Waals surface area (Å²) in [4.78, 5) is 0.477. The first kappa shape index (κ1) is 14.3. The van der Waals surface area contributed by atoms with Gasteiger partial charge in [0, 0.05) is 17.8 Å². The fourth-order valence-electron chi connectivity index (χ4n) is 3.12. The molecule has 1 fully saturated rings. The second-order valence-corrected chi connectivity index (χ2v) is 6.25. The quantitative estimate of drug-likeness (QED) is 0.798. The molecule has 0 bridgehead atoms. The van der Waals surface area contributed by atoms with Gasteiger partial charge < -0.3 is 11.1 Å². The van der Waals surface area contributed by atoms with Crippen molar-refractivity contribution in [2.24, 2.45) is 11.1 Å². The number of nitrogens with one attached hydrogen (secondary N) is 1. The summed E-state index contributed by atoms with van der Waals surface area (Å²) in [6, 6.07) is 6.25. The zero-order chi connectivity index (χ0) is 13.9. The Morgan fingerprint density at radius 2 is 2.05 bits per heavy atom. The predicted molar refractivity (Wildman–Crippen MR) is 86.7 cm³/mol. The number of nitrogens with two attached hydrogens (primary N) is 1. The molecule has 1 aliphatic rings. The van der Waals surface area contributed by atoms with E-state index in [0.717, 1.165) is 17.7 Å². The summed E-state index contributed by atoms with van der Waals surface area (Å²) in [6.07, 6.45) is 6.76. The molecule has 0 saturated heterocycles. The normalized spacial score (nSPS) is 17.4. The minimum atomic E-state index is 0.477. The van der Waals surface area contributed by atoms with Crippen molar-refractivity contribution < 1.29 is 0 Å². The number of hydrogen-bond acceptors (Lipinski definition) is 2. The molecule has 2 rings (SSSR count). The molecule has 0 amide bonds. The molecule has 2 nitrogen and oxygen atoms in total. The van der Waals surface area contributed by atoms with Gasteiger partial charge >= 0.3 is 0 Å². The molecule has 19 heavy (non-hydrogen) atoms. The Hall–Kier alpha value is -1.09. The number of aryl methyl sites for hydroxylation is 1. The molecule has 0 atom stereocenters. The first-order valence-corrected chi connectivity index (χ1v) is 7.61. The Bertz CT molecular complexity index is 462. The highest BCUT2D eigenvalue weighted by Gasteiger charge is 2.31. The van der Waals surface area contributed by atoms with Gasteiger partial charge in [0.1, 0.15) is 4.99 Å². The Morgan fingerprint density at radius 1 is 1.37 bits per heavy atom. The van der Waals surface area contributed by atoms with Crippen molar-refractivity contribution in [3.05, 3.63) is 29.3 Å². The maximum Gasteiger partial charge on any atom is 0.104 e. The van der Waals surface area contributed by atoms with Crippen LogP contribution in [0.3, 0.4) is 0 Å². The van der Waals surface area contributed by atoms with E-state index >= 15 is 0 Å². The third-order valence-electron chi connectivity index (χ3n) is 4.57. The van der Waals surface area contributed by atoms with Crippen LogP contribution in [0.15, 0.2) is 18.2 Å². The smallest absolute Gasteiger partial charge is 0.104 e. The van der Waals surface area contributed by atoms with Gasteiger partial charge in [-0.2, -0.15) is 0 Å². The van der Waals surface area contributed by atoms with E-state index in [4.69, 9.17) is 18.0 Å². The molecular weight excluding hydrogens is 252 g/mol. The lowest BCUT2D eigenvalue weighted by molar-refractivity contribution is 0.307. The highest BCUT2D eigenvalue weighted by molar-refractivity contribution is 7.80. The predicted octanol–water partition coefficient (Wildman–Crippen LogP) is 4.01. The molecule has 0 heterocycles. The molecule has 104 valence electrons. The van der Waals surface area contributed by atoms with Gasteiger partial charge in [0.25, 0.3) is 0 Å². The van der Waals surface area contributed by atoms with Crippen molar-refractivity contribution in [3.8, 4) is 0 Å². The van der Waals surface area contributed by atoms with Gasteiger partial charge in [-0.3, -0.25) is 0 Å². The van der Waals surface area contributed by atoms with E-state index in [9.17, 15) is 0 Å². The SMILES string of the molecule is CCC1(CNc2ccc(C(N)=S)c(C)c2)CCCC1. The van der Waals surface area contributed by atoms with Gasteiger partial charge in [-0.05, 0) is 55.4 Å². The second-order valence-electron chi connectivity index (χ2n) is 5.81. The highest BCUT2D eigenvalue weighted by atomic mass is 32.1.